The van der Waals surface area contributed by atoms with E-state index in [1.54, 1.807) is 24.3 Å². The summed E-state index contributed by atoms with van der Waals surface area (Å²) >= 11 is 0. The van der Waals surface area contributed by atoms with Gasteiger partial charge in [0.15, 0.2) is 17.4 Å². The number of benzene rings is 3. The molecule has 1 amide bonds. The molecule has 0 aliphatic carbocycles. The molecule has 6 heteroatoms. The third kappa shape index (κ3) is 2.87. The number of nitriles is 1. The lowest BCUT2D eigenvalue weighted by Crippen LogP contribution is -2.12. The predicted octanol–water partition coefficient (Wildman–Crippen LogP) is 4.42. The first-order valence-corrected chi connectivity index (χ1v) is 8.51. The minimum Gasteiger partial charge on any atom is -0.491 e. The number of nitrogens with zero attached hydrogens (tertiary/aromatic N) is 1. The Morgan fingerprint density at radius 1 is 1.00 bits per heavy atom. The van der Waals surface area contributed by atoms with Crippen molar-refractivity contribution in [3.8, 4) is 34.1 Å². The second-order valence-electron chi connectivity index (χ2n) is 6.40. The summed E-state index contributed by atoms with van der Waals surface area (Å²) in [5.74, 6) is -2.36. The zero-order valence-corrected chi connectivity index (χ0v) is 14.8. The number of ether oxygens (including phenoxy) is 1. The largest absolute Gasteiger partial charge is 0.491 e. The van der Waals surface area contributed by atoms with E-state index >= 15 is 0 Å². The summed E-state index contributed by atoms with van der Waals surface area (Å²) in [6.07, 6.45) is 0. The van der Waals surface area contributed by atoms with Crippen LogP contribution in [-0.4, -0.2) is 13.0 Å². The van der Waals surface area contributed by atoms with Crippen molar-refractivity contribution in [1.29, 1.82) is 5.26 Å². The van der Waals surface area contributed by atoms with E-state index in [1.807, 2.05) is 12.1 Å². The van der Waals surface area contributed by atoms with E-state index in [1.165, 1.54) is 19.2 Å². The van der Waals surface area contributed by atoms with Crippen molar-refractivity contribution in [2.75, 3.05) is 7.11 Å². The number of carbonyl (C=O) groups is 1. The Morgan fingerprint density at radius 3 is 2.39 bits per heavy atom. The van der Waals surface area contributed by atoms with Crippen molar-refractivity contribution in [1.82, 2.24) is 5.32 Å². The Hall–Kier alpha value is -3.72. The summed E-state index contributed by atoms with van der Waals surface area (Å²) < 4.78 is 33.4. The van der Waals surface area contributed by atoms with Crippen molar-refractivity contribution < 1.29 is 18.3 Å². The van der Waals surface area contributed by atoms with Crippen molar-refractivity contribution in [2.45, 2.75) is 6.54 Å². The number of halogens is 2. The Morgan fingerprint density at radius 2 is 1.71 bits per heavy atom. The van der Waals surface area contributed by atoms with E-state index in [0.29, 0.717) is 34.4 Å². The number of hydrogen-bond donors (Lipinski definition) is 1. The molecule has 3 aromatic rings. The molecule has 1 heterocycles. The summed E-state index contributed by atoms with van der Waals surface area (Å²) in [6, 6.07) is 14.8. The number of hydrogen-bond acceptors (Lipinski definition) is 3. The van der Waals surface area contributed by atoms with Crippen molar-refractivity contribution in [3.05, 3.63) is 76.9 Å². The van der Waals surface area contributed by atoms with Crippen LogP contribution in [0.1, 0.15) is 21.5 Å². The number of carbonyl (C=O) groups excluding carboxylic acids is 1. The molecule has 0 saturated heterocycles. The molecule has 28 heavy (non-hydrogen) atoms. The Kier molecular flexibility index (Phi) is 4.28. The molecule has 0 fully saturated rings. The Labute approximate surface area is 160 Å². The summed E-state index contributed by atoms with van der Waals surface area (Å²) in [4.78, 5) is 12.1. The number of fused-ring (bicyclic) bond motifs is 1. The van der Waals surface area contributed by atoms with Gasteiger partial charge in [-0.25, -0.2) is 8.78 Å². The van der Waals surface area contributed by atoms with Gasteiger partial charge in [-0.2, -0.15) is 5.26 Å². The molecule has 1 N–H and O–H groups in total. The minimum atomic E-state index is -0.834. The van der Waals surface area contributed by atoms with Crippen LogP contribution in [0.4, 0.5) is 8.78 Å². The van der Waals surface area contributed by atoms with Gasteiger partial charge in [-0.15, -0.1) is 0 Å². The van der Waals surface area contributed by atoms with Gasteiger partial charge in [-0.05, 0) is 64.2 Å². The summed E-state index contributed by atoms with van der Waals surface area (Å²) in [5, 5.41) is 11.9. The van der Waals surface area contributed by atoms with Crippen molar-refractivity contribution in [2.24, 2.45) is 0 Å². The quantitative estimate of drug-likeness (QED) is 0.736. The molecule has 0 unspecified atom stereocenters. The number of rotatable bonds is 3. The molecule has 0 aromatic heterocycles. The van der Waals surface area contributed by atoms with Gasteiger partial charge in [0.25, 0.3) is 5.91 Å². The van der Waals surface area contributed by atoms with E-state index in [2.05, 4.69) is 11.4 Å². The number of amides is 1. The third-order valence-corrected chi connectivity index (χ3v) is 4.74. The summed E-state index contributed by atoms with van der Waals surface area (Å²) in [6.45, 7) is 0.380. The van der Waals surface area contributed by atoms with Crippen LogP contribution < -0.4 is 10.1 Å². The average Bonchev–Trinajstić information content (AvgIpc) is 3.07. The van der Waals surface area contributed by atoms with E-state index < -0.39 is 17.4 Å². The van der Waals surface area contributed by atoms with Crippen LogP contribution in [0.25, 0.3) is 22.3 Å². The highest BCUT2D eigenvalue weighted by atomic mass is 19.1. The van der Waals surface area contributed by atoms with Crippen LogP contribution in [0.5, 0.6) is 5.75 Å². The van der Waals surface area contributed by atoms with E-state index in [-0.39, 0.29) is 11.5 Å². The first-order chi connectivity index (χ1) is 13.5. The molecule has 1 aliphatic heterocycles. The number of nitrogens with one attached hydrogen (secondary N) is 1. The fourth-order valence-electron chi connectivity index (χ4n) is 3.42. The Bertz CT molecular complexity index is 1140. The van der Waals surface area contributed by atoms with Crippen molar-refractivity contribution in [3.63, 3.8) is 0 Å². The molecule has 138 valence electrons. The molecule has 0 saturated carbocycles. The molecule has 4 rings (SSSR count). The molecular formula is C22H14F2N2O2. The van der Waals surface area contributed by atoms with Crippen LogP contribution in [0.15, 0.2) is 48.5 Å². The maximum Gasteiger partial charge on any atom is 0.251 e. The summed E-state index contributed by atoms with van der Waals surface area (Å²) in [7, 11) is 1.19. The fourth-order valence-corrected chi connectivity index (χ4v) is 3.42. The maximum absolute atomic E-state index is 14.3. The van der Waals surface area contributed by atoms with Gasteiger partial charge in [0.1, 0.15) is 0 Å². The molecule has 1 aliphatic rings. The highest BCUT2D eigenvalue weighted by molar-refractivity contribution is 6.01. The fraction of sp³-hybridized carbons (Fsp3) is 0.0909. The monoisotopic (exact) mass is 376 g/mol. The van der Waals surface area contributed by atoms with Gasteiger partial charge in [0.05, 0.1) is 18.7 Å². The first kappa shape index (κ1) is 17.7. The normalized spacial score (nSPS) is 12.3. The minimum absolute atomic E-state index is 0.233. The lowest BCUT2D eigenvalue weighted by atomic mass is 9.90. The van der Waals surface area contributed by atoms with Crippen molar-refractivity contribution >= 4 is 5.91 Å². The van der Waals surface area contributed by atoms with Gasteiger partial charge in [-0.1, -0.05) is 12.1 Å². The predicted molar refractivity (Wildman–Crippen MR) is 99.7 cm³/mol. The molecular weight excluding hydrogens is 362 g/mol. The molecule has 0 bridgehead atoms. The zero-order chi connectivity index (χ0) is 19.8. The highest BCUT2D eigenvalue weighted by Gasteiger charge is 2.23. The zero-order valence-electron chi connectivity index (χ0n) is 14.8. The Balaban J connectivity index is 1.99. The SMILES string of the molecule is COc1c(F)cc(-c2cc3c(cc2-c2cccc(C#N)c2)CNC3=O)cc1F. The molecule has 0 atom stereocenters. The van der Waals surface area contributed by atoms with Crippen LogP contribution in [0, 0.1) is 23.0 Å². The topological polar surface area (TPSA) is 62.1 Å². The average molecular weight is 376 g/mol. The highest BCUT2D eigenvalue weighted by Crippen LogP contribution is 2.38. The molecule has 3 aromatic carbocycles. The van der Waals surface area contributed by atoms with Gasteiger partial charge in [0.2, 0.25) is 0 Å². The van der Waals surface area contributed by atoms with E-state index in [0.717, 1.165) is 5.56 Å². The second kappa shape index (κ2) is 6.78. The van der Waals surface area contributed by atoms with Crippen LogP contribution in [0.2, 0.25) is 0 Å². The first-order valence-electron chi connectivity index (χ1n) is 8.51. The molecule has 0 spiro atoms. The standard InChI is InChI=1S/C22H14F2N2O2/c1-28-21-19(23)7-14(8-20(21)24)17-9-18-15(11-26-22(18)27)6-16(17)13-4-2-3-12(5-13)10-25/h2-9H,11H2,1H3,(H,26,27). The maximum atomic E-state index is 14.3. The lowest BCUT2D eigenvalue weighted by molar-refractivity contribution is 0.0966. The summed E-state index contributed by atoms with van der Waals surface area (Å²) in [5.41, 5.74) is 3.88. The second-order valence-corrected chi connectivity index (χ2v) is 6.40. The lowest BCUT2D eigenvalue weighted by Gasteiger charge is -2.14. The van der Waals surface area contributed by atoms with Gasteiger partial charge in [-0.3, -0.25) is 4.79 Å². The van der Waals surface area contributed by atoms with Crippen LogP contribution >= 0.6 is 0 Å². The van der Waals surface area contributed by atoms with Gasteiger partial charge >= 0.3 is 0 Å². The molecule has 0 radical (unpaired) electrons. The van der Waals surface area contributed by atoms with Gasteiger partial charge in [0, 0.05) is 12.1 Å². The van der Waals surface area contributed by atoms with E-state index in [9.17, 15) is 18.8 Å². The van der Waals surface area contributed by atoms with Crippen LogP contribution in [-0.2, 0) is 6.54 Å². The smallest absolute Gasteiger partial charge is 0.251 e. The molecule has 4 nitrogen and oxygen atoms in total. The van der Waals surface area contributed by atoms with Gasteiger partial charge < -0.3 is 10.1 Å². The third-order valence-electron chi connectivity index (χ3n) is 4.74. The van der Waals surface area contributed by atoms with Crippen LogP contribution in [0.3, 0.4) is 0 Å². The number of methoxy groups -OCH3 is 1. The van der Waals surface area contributed by atoms with E-state index in [4.69, 9.17) is 4.74 Å².